The average Bonchev–Trinajstić information content (AvgIpc) is 2.47. The van der Waals surface area contributed by atoms with Crippen molar-refractivity contribution in [3.05, 3.63) is 45.4 Å². The fraction of sp³-hybridized carbons (Fsp3) is 0.333. The van der Waals surface area contributed by atoms with E-state index in [1.807, 2.05) is 32.0 Å². The maximum absolute atomic E-state index is 12.3. The van der Waals surface area contributed by atoms with Gasteiger partial charge in [0.05, 0.1) is 5.25 Å². The van der Waals surface area contributed by atoms with E-state index in [4.69, 9.17) is 0 Å². The van der Waals surface area contributed by atoms with Crippen molar-refractivity contribution in [1.82, 2.24) is 15.2 Å². The number of hydrogen-bond donors (Lipinski definition) is 2. The quantitative estimate of drug-likeness (QED) is 0.844. The van der Waals surface area contributed by atoms with Crippen LogP contribution >= 0.6 is 11.8 Å². The van der Waals surface area contributed by atoms with Crippen molar-refractivity contribution in [2.24, 2.45) is 0 Å². The fourth-order valence-electron chi connectivity index (χ4n) is 1.77. The van der Waals surface area contributed by atoms with Gasteiger partial charge < -0.3 is 5.32 Å². The lowest BCUT2D eigenvalue weighted by Gasteiger charge is -2.13. The van der Waals surface area contributed by atoms with Crippen LogP contribution in [-0.2, 0) is 4.79 Å². The van der Waals surface area contributed by atoms with Crippen LogP contribution < -0.4 is 10.9 Å². The van der Waals surface area contributed by atoms with Crippen molar-refractivity contribution in [1.29, 1.82) is 0 Å². The molecule has 6 nitrogen and oxygen atoms in total. The van der Waals surface area contributed by atoms with Crippen LogP contribution in [0.25, 0.3) is 0 Å². The Morgan fingerprint density at radius 1 is 1.27 bits per heavy atom. The maximum atomic E-state index is 12.3. The van der Waals surface area contributed by atoms with Crippen molar-refractivity contribution in [3.8, 4) is 0 Å². The minimum absolute atomic E-state index is 0.151. The van der Waals surface area contributed by atoms with Crippen LogP contribution in [0.4, 0.5) is 5.69 Å². The smallest absolute Gasteiger partial charge is 0.273 e. The van der Waals surface area contributed by atoms with Gasteiger partial charge in [0, 0.05) is 5.69 Å². The van der Waals surface area contributed by atoms with Gasteiger partial charge in [-0.3, -0.25) is 14.6 Å². The van der Waals surface area contributed by atoms with Crippen molar-refractivity contribution < 1.29 is 4.79 Å². The molecular weight excluding hydrogens is 300 g/mol. The molecule has 0 aliphatic carbocycles. The highest BCUT2D eigenvalue weighted by Crippen LogP contribution is 2.22. The van der Waals surface area contributed by atoms with Gasteiger partial charge in [0.15, 0.2) is 5.16 Å². The summed E-state index contributed by atoms with van der Waals surface area (Å²) < 4.78 is 0. The van der Waals surface area contributed by atoms with Crippen molar-refractivity contribution in [2.45, 2.75) is 38.1 Å². The Morgan fingerprint density at radius 2 is 2.00 bits per heavy atom. The molecule has 0 aliphatic heterocycles. The molecule has 0 aliphatic rings. The molecule has 0 fully saturated rings. The minimum Gasteiger partial charge on any atom is -0.325 e. The number of benzene rings is 1. The van der Waals surface area contributed by atoms with E-state index in [1.165, 1.54) is 0 Å². The molecule has 1 atom stereocenters. The maximum Gasteiger partial charge on any atom is 0.273 e. The van der Waals surface area contributed by atoms with Crippen LogP contribution in [0.1, 0.15) is 23.7 Å². The summed E-state index contributed by atoms with van der Waals surface area (Å²) in [4.78, 5) is 26.4. The number of aromatic amines is 1. The van der Waals surface area contributed by atoms with Gasteiger partial charge in [0.2, 0.25) is 5.91 Å². The number of thioether (sulfide) groups is 1. The Morgan fingerprint density at radius 3 is 2.68 bits per heavy atom. The first-order valence-electron chi connectivity index (χ1n) is 6.86. The van der Waals surface area contributed by atoms with Gasteiger partial charge in [-0.05, 0) is 44.9 Å². The molecule has 2 N–H and O–H groups in total. The molecule has 116 valence electrons. The molecule has 2 rings (SSSR count). The predicted molar refractivity (Wildman–Crippen MR) is 87.3 cm³/mol. The molecular formula is C15H18N4O2S. The number of H-pyrrole nitrogens is 1. The molecule has 1 aromatic carbocycles. The Labute approximate surface area is 132 Å². The Balaban J connectivity index is 2.07. The molecule has 0 unspecified atom stereocenters. The van der Waals surface area contributed by atoms with E-state index in [0.29, 0.717) is 10.9 Å². The normalized spacial score (nSPS) is 12.0. The molecule has 22 heavy (non-hydrogen) atoms. The molecule has 1 heterocycles. The largest absolute Gasteiger partial charge is 0.325 e. The molecule has 2 aromatic rings. The summed E-state index contributed by atoms with van der Waals surface area (Å²) in [6, 6.07) is 5.76. The summed E-state index contributed by atoms with van der Waals surface area (Å²) in [5.74, 6) is -0.151. The fourth-order valence-corrected chi connectivity index (χ4v) is 2.51. The van der Waals surface area contributed by atoms with Gasteiger partial charge in [-0.15, -0.1) is 10.2 Å². The minimum atomic E-state index is -0.410. The number of hydrogen-bond acceptors (Lipinski definition) is 5. The standard InChI is InChI=1S/C15H18N4O2S/c1-8-6-5-7-12(9(8)2)16-14(21)11(4)22-15-17-13(20)10(3)18-19-15/h5-7,11H,1-4H3,(H,16,21)(H,17,19,20)/t11-/m0/s1. The number of anilines is 1. The van der Waals surface area contributed by atoms with E-state index >= 15 is 0 Å². The lowest BCUT2D eigenvalue weighted by molar-refractivity contribution is -0.115. The van der Waals surface area contributed by atoms with E-state index in [-0.39, 0.29) is 11.5 Å². The van der Waals surface area contributed by atoms with Crippen LogP contribution in [0.2, 0.25) is 0 Å². The van der Waals surface area contributed by atoms with Crippen LogP contribution in [0, 0.1) is 20.8 Å². The van der Waals surface area contributed by atoms with Crippen LogP contribution in [-0.4, -0.2) is 26.3 Å². The third kappa shape index (κ3) is 3.73. The number of nitrogens with zero attached hydrogens (tertiary/aromatic N) is 2. The van der Waals surface area contributed by atoms with Crippen molar-refractivity contribution in [3.63, 3.8) is 0 Å². The molecule has 0 radical (unpaired) electrons. The van der Waals surface area contributed by atoms with Crippen molar-refractivity contribution >= 4 is 23.4 Å². The molecule has 1 amide bonds. The van der Waals surface area contributed by atoms with E-state index in [2.05, 4.69) is 20.5 Å². The van der Waals surface area contributed by atoms with E-state index in [0.717, 1.165) is 28.6 Å². The Bertz CT molecular complexity index is 757. The summed E-state index contributed by atoms with van der Waals surface area (Å²) in [6.45, 7) is 7.30. The molecule has 0 saturated heterocycles. The number of amides is 1. The van der Waals surface area contributed by atoms with Gasteiger partial charge in [0.25, 0.3) is 5.56 Å². The predicted octanol–water partition coefficient (Wildman–Crippen LogP) is 2.21. The number of nitrogens with one attached hydrogen (secondary N) is 2. The highest BCUT2D eigenvalue weighted by Gasteiger charge is 2.17. The summed E-state index contributed by atoms with van der Waals surface area (Å²) in [7, 11) is 0. The van der Waals surface area contributed by atoms with Crippen LogP contribution in [0.5, 0.6) is 0 Å². The molecule has 1 aromatic heterocycles. The molecule has 0 spiro atoms. The van der Waals surface area contributed by atoms with Crippen LogP contribution in [0.15, 0.2) is 28.2 Å². The number of carbonyl (C=O) groups is 1. The summed E-state index contributed by atoms with van der Waals surface area (Å²) in [6.07, 6.45) is 0. The second-order valence-corrected chi connectivity index (χ2v) is 6.37. The molecule has 7 heteroatoms. The first-order chi connectivity index (χ1) is 10.4. The second-order valence-electron chi connectivity index (χ2n) is 5.04. The van der Waals surface area contributed by atoms with Gasteiger partial charge >= 0.3 is 0 Å². The number of aryl methyl sites for hydroxylation is 2. The molecule has 0 saturated carbocycles. The van der Waals surface area contributed by atoms with Crippen LogP contribution in [0.3, 0.4) is 0 Å². The second kappa shape index (κ2) is 6.74. The third-order valence-corrected chi connectivity index (χ3v) is 4.33. The summed E-state index contributed by atoms with van der Waals surface area (Å²) in [5.41, 5.74) is 2.96. The lowest BCUT2D eigenvalue weighted by Crippen LogP contribution is -2.24. The van der Waals surface area contributed by atoms with Gasteiger partial charge in [-0.2, -0.15) is 0 Å². The first kappa shape index (κ1) is 16.2. The highest BCUT2D eigenvalue weighted by atomic mass is 32.2. The SMILES string of the molecule is Cc1cccc(NC(=O)[C@H](C)Sc2nnc(C)c(=O)[nH]2)c1C. The first-order valence-corrected chi connectivity index (χ1v) is 7.73. The summed E-state index contributed by atoms with van der Waals surface area (Å²) >= 11 is 1.16. The van der Waals surface area contributed by atoms with Gasteiger partial charge in [-0.1, -0.05) is 23.9 Å². The Hall–Kier alpha value is -2.15. The Kier molecular flexibility index (Phi) is 4.97. The highest BCUT2D eigenvalue weighted by molar-refractivity contribution is 8.00. The number of aromatic nitrogens is 3. The third-order valence-electron chi connectivity index (χ3n) is 3.36. The van der Waals surface area contributed by atoms with Gasteiger partial charge in [-0.25, -0.2) is 0 Å². The zero-order valence-corrected chi connectivity index (χ0v) is 13.7. The average molecular weight is 318 g/mol. The van der Waals surface area contributed by atoms with E-state index in [9.17, 15) is 9.59 Å². The monoisotopic (exact) mass is 318 g/mol. The number of rotatable bonds is 4. The zero-order valence-electron chi connectivity index (χ0n) is 12.9. The lowest BCUT2D eigenvalue weighted by atomic mass is 10.1. The molecule has 0 bridgehead atoms. The van der Waals surface area contributed by atoms with Gasteiger partial charge in [0.1, 0.15) is 5.69 Å². The van der Waals surface area contributed by atoms with E-state index in [1.54, 1.807) is 13.8 Å². The zero-order chi connectivity index (χ0) is 16.3. The topological polar surface area (TPSA) is 87.7 Å². The summed E-state index contributed by atoms with van der Waals surface area (Å²) in [5, 5.41) is 10.5. The van der Waals surface area contributed by atoms with Crippen molar-refractivity contribution in [2.75, 3.05) is 5.32 Å². The van der Waals surface area contributed by atoms with E-state index < -0.39 is 5.25 Å². The number of carbonyl (C=O) groups excluding carboxylic acids is 1.